The maximum absolute atomic E-state index is 12.5. The van der Waals surface area contributed by atoms with Crippen LogP contribution in [0.1, 0.15) is 22.5 Å². The molecule has 0 saturated heterocycles. The zero-order valence-electron chi connectivity index (χ0n) is 13.8. The van der Waals surface area contributed by atoms with Crippen molar-refractivity contribution in [2.45, 2.75) is 12.8 Å². The zero-order chi connectivity index (χ0) is 17.1. The molecule has 0 aliphatic heterocycles. The molecule has 0 unspecified atom stereocenters. The molecule has 4 rings (SSSR count). The summed E-state index contributed by atoms with van der Waals surface area (Å²) in [5, 5.41) is 1.16. The van der Waals surface area contributed by atoms with Crippen LogP contribution >= 0.6 is 0 Å². The highest BCUT2D eigenvalue weighted by Gasteiger charge is 2.13. The fourth-order valence-corrected chi connectivity index (χ4v) is 3.16. The van der Waals surface area contributed by atoms with Crippen molar-refractivity contribution in [1.82, 2.24) is 9.55 Å². The zero-order valence-corrected chi connectivity index (χ0v) is 13.8. The lowest BCUT2D eigenvalue weighted by Gasteiger charge is -2.09. The summed E-state index contributed by atoms with van der Waals surface area (Å²) in [6.07, 6.45) is 2.95. The Hall–Kier alpha value is -3.20. The maximum atomic E-state index is 12.5. The molecule has 0 bridgehead atoms. The van der Waals surface area contributed by atoms with Gasteiger partial charge in [0.15, 0.2) is 5.78 Å². The average Bonchev–Trinajstić information content (AvgIpc) is 3.06. The normalized spacial score (nSPS) is 10.9. The summed E-state index contributed by atoms with van der Waals surface area (Å²) in [5.41, 5.74) is 2.98. The molecule has 25 heavy (non-hydrogen) atoms. The lowest BCUT2D eigenvalue weighted by molar-refractivity contribution is 0.0982. The minimum atomic E-state index is 0.165. The van der Waals surface area contributed by atoms with Crippen LogP contribution in [-0.2, 0) is 6.42 Å². The molecule has 4 aromatic rings. The first-order valence-corrected chi connectivity index (χ1v) is 8.42. The van der Waals surface area contributed by atoms with Gasteiger partial charge in [-0.3, -0.25) is 9.36 Å². The Balaban J connectivity index is 1.69. The van der Waals surface area contributed by atoms with Crippen LogP contribution in [-0.4, -0.2) is 15.3 Å². The molecule has 0 spiro atoms. The van der Waals surface area contributed by atoms with Crippen molar-refractivity contribution >= 4 is 16.7 Å². The molecular weight excluding hydrogens is 308 g/mol. The second-order valence-corrected chi connectivity index (χ2v) is 6.01. The van der Waals surface area contributed by atoms with E-state index >= 15 is 0 Å². The highest BCUT2D eigenvalue weighted by molar-refractivity contribution is 5.96. The number of aryl methyl sites for hydroxylation is 1. The number of aromatic nitrogens is 2. The Morgan fingerprint density at radius 2 is 1.64 bits per heavy atom. The molecule has 2 heterocycles. The molecule has 0 N–H and O–H groups in total. The van der Waals surface area contributed by atoms with E-state index in [1.807, 2.05) is 60.7 Å². The van der Waals surface area contributed by atoms with E-state index in [0.717, 1.165) is 28.0 Å². The summed E-state index contributed by atoms with van der Waals surface area (Å²) in [6.45, 7) is 0. The number of fused-ring (bicyclic) bond motifs is 1. The van der Waals surface area contributed by atoms with Gasteiger partial charge in [-0.05, 0) is 30.7 Å². The number of rotatable bonds is 5. The van der Waals surface area contributed by atoms with E-state index in [1.54, 1.807) is 6.20 Å². The quantitative estimate of drug-likeness (QED) is 0.492. The van der Waals surface area contributed by atoms with E-state index in [-0.39, 0.29) is 5.78 Å². The third-order valence-corrected chi connectivity index (χ3v) is 4.37. The van der Waals surface area contributed by atoms with E-state index in [1.165, 1.54) is 0 Å². The summed E-state index contributed by atoms with van der Waals surface area (Å²) < 4.78 is 2.15. The SMILES string of the molecule is O=C(CCc1cc2ccccc2n1-c1ccccn1)c1ccccc1. The standard InChI is InChI=1S/C22H18N2O/c25-21(17-8-2-1-3-9-17)14-13-19-16-18-10-4-5-11-20(18)24(19)22-12-6-7-15-23-22/h1-12,15-16H,13-14H2. The number of hydrogen-bond donors (Lipinski definition) is 0. The smallest absolute Gasteiger partial charge is 0.163 e. The Labute approximate surface area is 146 Å². The summed E-state index contributed by atoms with van der Waals surface area (Å²) in [5.74, 6) is 1.05. The number of carbonyl (C=O) groups is 1. The van der Waals surface area contributed by atoms with Crippen molar-refractivity contribution in [3.8, 4) is 5.82 Å². The predicted molar refractivity (Wildman–Crippen MR) is 100 cm³/mol. The van der Waals surface area contributed by atoms with Crippen LogP contribution in [0.15, 0.2) is 85.1 Å². The van der Waals surface area contributed by atoms with Gasteiger partial charge in [-0.25, -0.2) is 4.98 Å². The molecule has 3 nitrogen and oxygen atoms in total. The first-order chi connectivity index (χ1) is 12.3. The fraction of sp³-hybridized carbons (Fsp3) is 0.0909. The summed E-state index contributed by atoms with van der Waals surface area (Å²) in [6, 6.07) is 25.8. The average molecular weight is 326 g/mol. The first kappa shape index (κ1) is 15.3. The molecule has 0 fully saturated rings. The summed E-state index contributed by atoms with van der Waals surface area (Å²) in [4.78, 5) is 17.0. The highest BCUT2D eigenvalue weighted by atomic mass is 16.1. The molecule has 2 aromatic heterocycles. The van der Waals surface area contributed by atoms with Gasteiger partial charge in [0.2, 0.25) is 0 Å². The number of nitrogens with zero attached hydrogens (tertiary/aromatic N) is 2. The molecule has 0 saturated carbocycles. The van der Waals surface area contributed by atoms with Crippen LogP contribution in [0.3, 0.4) is 0 Å². The molecule has 0 atom stereocenters. The summed E-state index contributed by atoms with van der Waals surface area (Å²) >= 11 is 0. The second-order valence-electron chi connectivity index (χ2n) is 6.01. The van der Waals surface area contributed by atoms with Gasteiger partial charge in [-0.2, -0.15) is 0 Å². The van der Waals surface area contributed by atoms with Crippen LogP contribution in [0.5, 0.6) is 0 Å². The van der Waals surface area contributed by atoms with Gasteiger partial charge in [0, 0.05) is 29.3 Å². The maximum Gasteiger partial charge on any atom is 0.163 e. The van der Waals surface area contributed by atoms with Crippen molar-refractivity contribution in [3.63, 3.8) is 0 Å². The fourth-order valence-electron chi connectivity index (χ4n) is 3.16. The topological polar surface area (TPSA) is 34.9 Å². The number of Topliss-reactive ketones (excluding diaryl/α,β-unsaturated/α-hetero) is 1. The van der Waals surface area contributed by atoms with E-state index in [4.69, 9.17) is 0 Å². The number of benzene rings is 2. The Bertz CT molecular complexity index is 1000. The van der Waals surface area contributed by atoms with Crippen LogP contribution in [0.4, 0.5) is 0 Å². The molecule has 2 aromatic carbocycles. The Kier molecular flexibility index (Phi) is 4.13. The molecular formula is C22H18N2O. The van der Waals surface area contributed by atoms with Crippen LogP contribution < -0.4 is 0 Å². The third kappa shape index (κ3) is 3.09. The second kappa shape index (κ2) is 6.73. The van der Waals surface area contributed by atoms with Crippen molar-refractivity contribution in [2.75, 3.05) is 0 Å². The van der Waals surface area contributed by atoms with Crippen LogP contribution in [0, 0.1) is 0 Å². The third-order valence-electron chi connectivity index (χ3n) is 4.37. The van der Waals surface area contributed by atoms with Crippen LogP contribution in [0.2, 0.25) is 0 Å². The number of para-hydroxylation sites is 1. The van der Waals surface area contributed by atoms with E-state index in [9.17, 15) is 4.79 Å². The van der Waals surface area contributed by atoms with Gasteiger partial charge in [0.1, 0.15) is 5.82 Å². The monoisotopic (exact) mass is 326 g/mol. The molecule has 0 aliphatic rings. The van der Waals surface area contributed by atoms with Crippen molar-refractivity contribution in [1.29, 1.82) is 0 Å². The minimum Gasteiger partial charge on any atom is -0.298 e. The largest absolute Gasteiger partial charge is 0.298 e. The van der Waals surface area contributed by atoms with Gasteiger partial charge in [-0.15, -0.1) is 0 Å². The minimum absolute atomic E-state index is 0.165. The first-order valence-electron chi connectivity index (χ1n) is 8.42. The van der Waals surface area contributed by atoms with Gasteiger partial charge in [-0.1, -0.05) is 54.6 Å². The predicted octanol–water partition coefficient (Wildman–Crippen LogP) is 4.84. The van der Waals surface area contributed by atoms with E-state index in [2.05, 4.69) is 27.8 Å². The molecule has 0 radical (unpaired) electrons. The summed E-state index contributed by atoms with van der Waals surface area (Å²) in [7, 11) is 0. The van der Waals surface area contributed by atoms with Gasteiger partial charge in [0.05, 0.1) is 5.52 Å². The number of ketones is 1. The van der Waals surface area contributed by atoms with Gasteiger partial charge in [0.25, 0.3) is 0 Å². The van der Waals surface area contributed by atoms with E-state index in [0.29, 0.717) is 12.8 Å². The van der Waals surface area contributed by atoms with Crippen LogP contribution in [0.25, 0.3) is 16.7 Å². The van der Waals surface area contributed by atoms with Crippen molar-refractivity contribution in [3.05, 3.63) is 96.3 Å². The van der Waals surface area contributed by atoms with Gasteiger partial charge >= 0.3 is 0 Å². The van der Waals surface area contributed by atoms with E-state index < -0.39 is 0 Å². The molecule has 122 valence electrons. The Morgan fingerprint density at radius 1 is 0.880 bits per heavy atom. The number of pyridine rings is 1. The van der Waals surface area contributed by atoms with Gasteiger partial charge < -0.3 is 0 Å². The lowest BCUT2D eigenvalue weighted by Crippen LogP contribution is -2.06. The Morgan fingerprint density at radius 3 is 2.44 bits per heavy atom. The molecule has 0 aliphatic carbocycles. The number of carbonyl (C=O) groups excluding carboxylic acids is 1. The number of hydrogen-bond acceptors (Lipinski definition) is 2. The highest BCUT2D eigenvalue weighted by Crippen LogP contribution is 2.24. The molecule has 3 heteroatoms. The van der Waals surface area contributed by atoms with Crippen molar-refractivity contribution < 1.29 is 4.79 Å². The lowest BCUT2D eigenvalue weighted by atomic mass is 10.1. The van der Waals surface area contributed by atoms with Crippen molar-refractivity contribution in [2.24, 2.45) is 0 Å². The molecule has 0 amide bonds.